The van der Waals surface area contributed by atoms with Crippen LogP contribution in [0.2, 0.25) is 0 Å². The minimum Gasteiger partial charge on any atom is -0.445 e. The van der Waals surface area contributed by atoms with Crippen molar-refractivity contribution in [1.82, 2.24) is 9.80 Å². The highest BCUT2D eigenvalue weighted by Gasteiger charge is 2.34. The van der Waals surface area contributed by atoms with E-state index in [0.29, 0.717) is 25.1 Å². The van der Waals surface area contributed by atoms with Gasteiger partial charge in [0, 0.05) is 38.8 Å². The molecule has 1 aromatic carbocycles. The van der Waals surface area contributed by atoms with Crippen LogP contribution in [0, 0.1) is 5.92 Å². The zero-order valence-electron chi connectivity index (χ0n) is 12.9. The van der Waals surface area contributed by atoms with Gasteiger partial charge in [0.15, 0.2) is 0 Å². The normalized spacial score (nSPS) is 25.6. The van der Waals surface area contributed by atoms with Gasteiger partial charge in [-0.3, -0.25) is 4.90 Å². The maximum atomic E-state index is 12.2. The fraction of sp³-hybridized carbons (Fsp3) is 0.588. The molecule has 1 N–H and O–H groups in total. The Balaban J connectivity index is 1.48. The van der Waals surface area contributed by atoms with E-state index in [1.54, 1.807) is 0 Å². The van der Waals surface area contributed by atoms with Crippen LogP contribution in [0.3, 0.4) is 0 Å². The number of nitrogens with zero attached hydrogens (tertiary/aromatic N) is 2. The Morgan fingerprint density at radius 1 is 1.18 bits per heavy atom. The molecule has 0 radical (unpaired) electrons. The standard InChI is InChI=1S/C17H24N2O3/c20-12-15-6-7-16-11-19(9-8-18(16)10-15)17(21)22-13-14-4-2-1-3-5-14/h1-5,15-16,20H,6-13H2. The third-order valence-electron chi connectivity index (χ3n) is 4.73. The second-order valence-electron chi connectivity index (χ2n) is 6.26. The van der Waals surface area contributed by atoms with Gasteiger partial charge in [0.25, 0.3) is 0 Å². The van der Waals surface area contributed by atoms with E-state index in [4.69, 9.17) is 4.74 Å². The van der Waals surface area contributed by atoms with Crippen LogP contribution < -0.4 is 0 Å². The Morgan fingerprint density at radius 2 is 2.00 bits per heavy atom. The van der Waals surface area contributed by atoms with Crippen molar-refractivity contribution in [2.75, 3.05) is 32.8 Å². The molecule has 0 spiro atoms. The number of carbonyl (C=O) groups is 1. The average molecular weight is 304 g/mol. The SMILES string of the molecule is O=C(OCc1ccccc1)N1CCN2CC(CO)CCC2C1. The number of aliphatic hydroxyl groups excluding tert-OH is 1. The summed E-state index contributed by atoms with van der Waals surface area (Å²) < 4.78 is 5.42. The molecule has 2 unspecified atom stereocenters. The molecule has 120 valence electrons. The van der Waals surface area contributed by atoms with Gasteiger partial charge in [0.05, 0.1) is 0 Å². The smallest absolute Gasteiger partial charge is 0.410 e. The van der Waals surface area contributed by atoms with Gasteiger partial charge in [-0.15, -0.1) is 0 Å². The van der Waals surface area contributed by atoms with Gasteiger partial charge < -0.3 is 14.7 Å². The number of benzene rings is 1. The Labute approximate surface area is 131 Å². The van der Waals surface area contributed by atoms with E-state index in [-0.39, 0.29) is 12.7 Å². The summed E-state index contributed by atoms with van der Waals surface area (Å²) in [7, 11) is 0. The highest BCUT2D eigenvalue weighted by Crippen LogP contribution is 2.25. The van der Waals surface area contributed by atoms with E-state index in [1.165, 1.54) is 0 Å². The molecular weight excluding hydrogens is 280 g/mol. The zero-order chi connectivity index (χ0) is 15.4. The lowest BCUT2D eigenvalue weighted by Crippen LogP contribution is -2.57. The van der Waals surface area contributed by atoms with E-state index in [1.807, 2.05) is 35.2 Å². The largest absolute Gasteiger partial charge is 0.445 e. The maximum Gasteiger partial charge on any atom is 0.410 e. The van der Waals surface area contributed by atoms with Crippen LogP contribution in [0.15, 0.2) is 30.3 Å². The molecule has 2 saturated heterocycles. The van der Waals surface area contributed by atoms with Crippen LogP contribution in [0.25, 0.3) is 0 Å². The molecular formula is C17H24N2O3. The van der Waals surface area contributed by atoms with Crippen molar-refractivity contribution in [3.05, 3.63) is 35.9 Å². The van der Waals surface area contributed by atoms with Gasteiger partial charge >= 0.3 is 6.09 Å². The fourth-order valence-electron chi connectivity index (χ4n) is 3.38. The van der Waals surface area contributed by atoms with Crippen molar-refractivity contribution in [2.24, 2.45) is 5.92 Å². The van der Waals surface area contributed by atoms with E-state index < -0.39 is 0 Å². The third-order valence-corrected chi connectivity index (χ3v) is 4.73. The molecule has 2 atom stereocenters. The second-order valence-corrected chi connectivity index (χ2v) is 6.26. The summed E-state index contributed by atoms with van der Waals surface area (Å²) in [4.78, 5) is 16.4. The molecule has 2 aliphatic rings. The van der Waals surface area contributed by atoms with Crippen LogP contribution in [-0.4, -0.2) is 59.8 Å². The van der Waals surface area contributed by atoms with Gasteiger partial charge in [0.1, 0.15) is 6.61 Å². The fourth-order valence-corrected chi connectivity index (χ4v) is 3.38. The van der Waals surface area contributed by atoms with Gasteiger partial charge in [0.2, 0.25) is 0 Å². The first kappa shape index (κ1) is 15.3. The number of aliphatic hydroxyl groups is 1. The van der Waals surface area contributed by atoms with E-state index >= 15 is 0 Å². The number of piperidine rings is 1. The first-order valence-electron chi connectivity index (χ1n) is 8.07. The van der Waals surface area contributed by atoms with Crippen LogP contribution in [0.1, 0.15) is 18.4 Å². The number of piperazine rings is 1. The minimum atomic E-state index is -0.215. The predicted molar refractivity (Wildman–Crippen MR) is 83.4 cm³/mol. The molecule has 0 bridgehead atoms. The summed E-state index contributed by atoms with van der Waals surface area (Å²) in [5.41, 5.74) is 1.01. The Morgan fingerprint density at radius 3 is 2.77 bits per heavy atom. The monoisotopic (exact) mass is 304 g/mol. The Bertz CT molecular complexity index is 494. The predicted octanol–water partition coefficient (Wildman–Crippen LogP) is 1.71. The van der Waals surface area contributed by atoms with Crippen molar-refractivity contribution in [1.29, 1.82) is 0 Å². The molecule has 5 heteroatoms. The van der Waals surface area contributed by atoms with Crippen molar-refractivity contribution in [3.8, 4) is 0 Å². The number of amides is 1. The zero-order valence-corrected chi connectivity index (χ0v) is 12.9. The number of ether oxygens (including phenoxy) is 1. The summed E-state index contributed by atoms with van der Waals surface area (Å²) >= 11 is 0. The molecule has 0 saturated carbocycles. The Hall–Kier alpha value is -1.59. The van der Waals surface area contributed by atoms with E-state index in [0.717, 1.165) is 38.0 Å². The average Bonchev–Trinajstić information content (AvgIpc) is 2.59. The number of fused-ring (bicyclic) bond motifs is 1. The van der Waals surface area contributed by atoms with Crippen molar-refractivity contribution < 1.29 is 14.6 Å². The van der Waals surface area contributed by atoms with Gasteiger partial charge in [-0.1, -0.05) is 30.3 Å². The minimum absolute atomic E-state index is 0.215. The molecule has 2 heterocycles. The maximum absolute atomic E-state index is 12.2. The number of hydrogen-bond acceptors (Lipinski definition) is 4. The first-order valence-corrected chi connectivity index (χ1v) is 8.07. The Kier molecular flexibility index (Phi) is 4.95. The summed E-state index contributed by atoms with van der Waals surface area (Å²) in [6.07, 6.45) is 1.88. The quantitative estimate of drug-likeness (QED) is 0.924. The van der Waals surface area contributed by atoms with Crippen LogP contribution in [0.4, 0.5) is 4.79 Å². The van der Waals surface area contributed by atoms with Crippen molar-refractivity contribution in [3.63, 3.8) is 0 Å². The molecule has 0 aliphatic carbocycles. The van der Waals surface area contributed by atoms with Crippen LogP contribution >= 0.6 is 0 Å². The molecule has 2 aliphatic heterocycles. The summed E-state index contributed by atoms with van der Waals surface area (Å²) in [5.74, 6) is 0.396. The summed E-state index contributed by atoms with van der Waals surface area (Å²) in [5, 5.41) is 9.29. The molecule has 1 amide bonds. The molecule has 3 rings (SSSR count). The number of rotatable bonds is 3. The van der Waals surface area contributed by atoms with E-state index in [9.17, 15) is 9.90 Å². The highest BCUT2D eigenvalue weighted by molar-refractivity contribution is 5.67. The highest BCUT2D eigenvalue weighted by atomic mass is 16.6. The molecule has 2 fully saturated rings. The second kappa shape index (κ2) is 7.11. The third kappa shape index (κ3) is 3.59. The van der Waals surface area contributed by atoms with Crippen LogP contribution in [-0.2, 0) is 11.3 Å². The lowest BCUT2D eigenvalue weighted by Gasteiger charge is -2.45. The lowest BCUT2D eigenvalue weighted by molar-refractivity contribution is 0.00939. The van der Waals surface area contributed by atoms with Crippen molar-refractivity contribution in [2.45, 2.75) is 25.5 Å². The summed E-state index contributed by atoms with van der Waals surface area (Å²) in [6.45, 7) is 3.88. The molecule has 0 aromatic heterocycles. The topological polar surface area (TPSA) is 53.0 Å². The van der Waals surface area contributed by atoms with Gasteiger partial charge in [-0.2, -0.15) is 0 Å². The van der Waals surface area contributed by atoms with Crippen LogP contribution in [0.5, 0.6) is 0 Å². The first-order chi connectivity index (χ1) is 10.8. The number of hydrogen-bond donors (Lipinski definition) is 1. The molecule has 22 heavy (non-hydrogen) atoms. The van der Waals surface area contributed by atoms with Gasteiger partial charge in [-0.25, -0.2) is 4.79 Å². The van der Waals surface area contributed by atoms with Gasteiger partial charge in [-0.05, 0) is 24.3 Å². The van der Waals surface area contributed by atoms with Crippen molar-refractivity contribution >= 4 is 6.09 Å². The van der Waals surface area contributed by atoms with E-state index in [2.05, 4.69) is 4.90 Å². The molecule has 1 aromatic rings. The molecule has 5 nitrogen and oxygen atoms in total. The number of carbonyl (C=O) groups excluding carboxylic acids is 1. The lowest BCUT2D eigenvalue weighted by atomic mass is 9.92. The summed E-state index contributed by atoms with van der Waals surface area (Å²) in [6, 6.07) is 10.2.